The molecule has 0 amide bonds. The van der Waals surface area contributed by atoms with Crippen molar-refractivity contribution in [2.24, 2.45) is 7.05 Å². The molecule has 2 N–H and O–H groups in total. The summed E-state index contributed by atoms with van der Waals surface area (Å²) >= 11 is 4.82. The minimum absolute atomic E-state index is 0.241. The predicted octanol–water partition coefficient (Wildman–Crippen LogP) is 2.08. The van der Waals surface area contributed by atoms with E-state index in [0.717, 1.165) is 14.9 Å². The van der Waals surface area contributed by atoms with Crippen molar-refractivity contribution in [2.45, 2.75) is 23.1 Å². The number of aromatic nitrogens is 3. The molecule has 1 aromatic carbocycles. The number of hydrogen-bond acceptors (Lipinski definition) is 4. The normalized spacial score (nSPS) is 12.7. The van der Waals surface area contributed by atoms with Crippen LogP contribution in [0.1, 0.15) is 18.6 Å². The number of aliphatic hydroxyl groups excluding tert-OH is 1. The first-order chi connectivity index (χ1) is 8.49. The lowest BCUT2D eigenvalue weighted by Crippen LogP contribution is -2.12. The maximum absolute atomic E-state index is 11.2. The van der Waals surface area contributed by atoms with Crippen molar-refractivity contribution in [2.75, 3.05) is 0 Å². The number of benzene rings is 1. The summed E-state index contributed by atoms with van der Waals surface area (Å²) in [5.74, 6) is 0. The molecule has 0 unspecified atom stereocenters. The third kappa shape index (κ3) is 2.68. The lowest BCUT2D eigenvalue weighted by Gasteiger charge is -2.08. The Kier molecular flexibility index (Phi) is 3.94. The van der Waals surface area contributed by atoms with Crippen LogP contribution in [0, 0.1) is 0 Å². The van der Waals surface area contributed by atoms with Crippen LogP contribution in [0.25, 0.3) is 0 Å². The monoisotopic (exact) mass is 329 g/mol. The molecule has 96 valence electrons. The molecule has 2 aromatic rings. The molecule has 1 atom stereocenters. The molecule has 0 spiro atoms. The summed E-state index contributed by atoms with van der Waals surface area (Å²) in [6.07, 6.45) is -0.505. The van der Waals surface area contributed by atoms with Gasteiger partial charge in [0.1, 0.15) is 0 Å². The smallest absolute Gasteiger partial charge is 0.343 e. The fourth-order valence-corrected chi connectivity index (χ4v) is 2.82. The summed E-state index contributed by atoms with van der Waals surface area (Å²) < 4.78 is 2.31. The zero-order valence-corrected chi connectivity index (χ0v) is 12.2. The number of hydrogen-bond donors (Lipinski definition) is 2. The number of nitrogens with zero attached hydrogens (tertiary/aromatic N) is 2. The molecule has 0 radical (unpaired) electrons. The standard InChI is InChI=1S/C11H12BrN3O2S/c1-6(16)7-3-4-9(8(12)5-7)18-11-14-13-10(17)15(11)2/h3-6,16H,1-2H3,(H,13,17)/t6-/m0/s1. The van der Waals surface area contributed by atoms with E-state index in [1.165, 1.54) is 16.3 Å². The Morgan fingerprint density at radius 1 is 1.56 bits per heavy atom. The van der Waals surface area contributed by atoms with Crippen LogP contribution in [0.5, 0.6) is 0 Å². The molecule has 0 saturated carbocycles. The Morgan fingerprint density at radius 3 is 2.78 bits per heavy atom. The summed E-state index contributed by atoms with van der Waals surface area (Å²) in [7, 11) is 1.66. The van der Waals surface area contributed by atoms with Gasteiger partial charge in [-0.05, 0) is 52.3 Å². The first-order valence-electron chi connectivity index (χ1n) is 5.26. The lowest BCUT2D eigenvalue weighted by atomic mass is 10.1. The van der Waals surface area contributed by atoms with Crippen molar-refractivity contribution in [1.82, 2.24) is 14.8 Å². The lowest BCUT2D eigenvalue weighted by molar-refractivity contribution is 0.199. The van der Waals surface area contributed by atoms with Crippen LogP contribution >= 0.6 is 27.7 Å². The highest BCUT2D eigenvalue weighted by atomic mass is 79.9. The fraction of sp³-hybridized carbons (Fsp3) is 0.273. The first kappa shape index (κ1) is 13.4. The van der Waals surface area contributed by atoms with Crippen LogP contribution in [-0.2, 0) is 7.05 Å². The number of halogens is 1. The van der Waals surface area contributed by atoms with Crippen molar-refractivity contribution in [3.8, 4) is 0 Å². The SMILES string of the molecule is C[C@H](O)c1ccc(Sc2n[nH]c(=O)n2C)c(Br)c1. The van der Waals surface area contributed by atoms with E-state index in [4.69, 9.17) is 0 Å². The molecule has 0 aliphatic heterocycles. The van der Waals surface area contributed by atoms with Crippen molar-refractivity contribution in [1.29, 1.82) is 0 Å². The quantitative estimate of drug-likeness (QED) is 0.904. The van der Waals surface area contributed by atoms with Gasteiger partial charge in [0.15, 0.2) is 5.16 Å². The highest BCUT2D eigenvalue weighted by molar-refractivity contribution is 9.10. The second-order valence-corrected chi connectivity index (χ2v) is 5.70. The topological polar surface area (TPSA) is 70.9 Å². The number of rotatable bonds is 3. The molecule has 7 heteroatoms. The summed E-state index contributed by atoms with van der Waals surface area (Å²) in [5.41, 5.74) is 0.594. The van der Waals surface area contributed by atoms with E-state index in [1.807, 2.05) is 18.2 Å². The third-order valence-electron chi connectivity index (χ3n) is 2.48. The Hall–Kier alpha value is -1.05. The van der Waals surface area contributed by atoms with Crippen LogP contribution in [0.3, 0.4) is 0 Å². The van der Waals surface area contributed by atoms with Crippen molar-refractivity contribution in [3.63, 3.8) is 0 Å². The molecule has 0 fully saturated rings. The molecule has 5 nitrogen and oxygen atoms in total. The Balaban J connectivity index is 2.30. The van der Waals surface area contributed by atoms with Gasteiger partial charge in [-0.15, -0.1) is 5.10 Å². The summed E-state index contributed by atoms with van der Waals surface area (Å²) in [6, 6.07) is 5.59. The van der Waals surface area contributed by atoms with Gasteiger partial charge in [0.25, 0.3) is 0 Å². The van der Waals surface area contributed by atoms with Crippen LogP contribution < -0.4 is 5.69 Å². The van der Waals surface area contributed by atoms with Crippen LogP contribution in [0.4, 0.5) is 0 Å². The van der Waals surface area contributed by atoms with E-state index in [2.05, 4.69) is 26.1 Å². The number of aliphatic hydroxyl groups is 1. The van der Waals surface area contributed by atoms with Crippen LogP contribution in [-0.4, -0.2) is 19.9 Å². The number of H-pyrrole nitrogens is 1. The first-order valence-corrected chi connectivity index (χ1v) is 6.86. The minimum atomic E-state index is -0.505. The summed E-state index contributed by atoms with van der Waals surface area (Å²) in [6.45, 7) is 1.71. The highest BCUT2D eigenvalue weighted by Gasteiger charge is 2.10. The molecular formula is C11H12BrN3O2S. The molecule has 18 heavy (non-hydrogen) atoms. The van der Waals surface area contributed by atoms with Gasteiger partial charge in [-0.1, -0.05) is 6.07 Å². The highest BCUT2D eigenvalue weighted by Crippen LogP contribution is 2.33. The average molecular weight is 330 g/mol. The van der Waals surface area contributed by atoms with E-state index in [1.54, 1.807) is 14.0 Å². The van der Waals surface area contributed by atoms with Gasteiger partial charge in [-0.25, -0.2) is 9.89 Å². The number of nitrogens with one attached hydrogen (secondary N) is 1. The Labute approximate surface area is 116 Å². The second kappa shape index (κ2) is 5.29. The Bertz CT molecular complexity index is 621. The van der Waals surface area contributed by atoms with E-state index < -0.39 is 6.10 Å². The maximum Gasteiger partial charge on any atom is 0.343 e. The number of aromatic amines is 1. The van der Waals surface area contributed by atoms with Gasteiger partial charge in [-0.2, -0.15) is 0 Å². The Morgan fingerprint density at radius 2 is 2.28 bits per heavy atom. The van der Waals surface area contributed by atoms with E-state index >= 15 is 0 Å². The largest absolute Gasteiger partial charge is 0.389 e. The molecular weight excluding hydrogens is 318 g/mol. The molecule has 1 heterocycles. The zero-order chi connectivity index (χ0) is 13.3. The minimum Gasteiger partial charge on any atom is -0.389 e. The molecule has 0 bridgehead atoms. The van der Waals surface area contributed by atoms with E-state index in [9.17, 15) is 9.90 Å². The van der Waals surface area contributed by atoms with Crippen molar-refractivity contribution >= 4 is 27.7 Å². The van der Waals surface area contributed by atoms with Gasteiger partial charge >= 0.3 is 5.69 Å². The van der Waals surface area contributed by atoms with Gasteiger partial charge in [-0.3, -0.25) is 4.57 Å². The third-order valence-corrected chi connectivity index (χ3v) is 4.52. The van der Waals surface area contributed by atoms with Gasteiger partial charge in [0.05, 0.1) is 6.10 Å². The summed E-state index contributed by atoms with van der Waals surface area (Å²) in [4.78, 5) is 12.2. The van der Waals surface area contributed by atoms with Crippen molar-refractivity contribution in [3.05, 3.63) is 38.7 Å². The van der Waals surface area contributed by atoms with E-state index in [-0.39, 0.29) is 5.69 Å². The molecule has 0 aliphatic carbocycles. The molecule has 0 aliphatic rings. The fourth-order valence-electron chi connectivity index (χ4n) is 1.38. The van der Waals surface area contributed by atoms with Gasteiger partial charge in [0.2, 0.25) is 0 Å². The average Bonchev–Trinajstić information content (AvgIpc) is 2.63. The molecule has 1 aromatic heterocycles. The predicted molar refractivity (Wildman–Crippen MR) is 72.7 cm³/mol. The van der Waals surface area contributed by atoms with Gasteiger partial charge < -0.3 is 5.11 Å². The second-order valence-electron chi connectivity index (χ2n) is 3.84. The summed E-state index contributed by atoms with van der Waals surface area (Å²) in [5, 5.41) is 16.4. The van der Waals surface area contributed by atoms with Gasteiger partial charge in [0, 0.05) is 16.4 Å². The van der Waals surface area contributed by atoms with Crippen LogP contribution in [0.2, 0.25) is 0 Å². The van der Waals surface area contributed by atoms with Crippen LogP contribution in [0.15, 0.2) is 37.5 Å². The molecule has 0 saturated heterocycles. The molecule has 2 rings (SSSR count). The maximum atomic E-state index is 11.2. The van der Waals surface area contributed by atoms with E-state index in [0.29, 0.717) is 5.16 Å². The zero-order valence-electron chi connectivity index (χ0n) is 9.85. The van der Waals surface area contributed by atoms with Crippen molar-refractivity contribution < 1.29 is 5.11 Å².